The summed E-state index contributed by atoms with van der Waals surface area (Å²) < 4.78 is 63.6. The normalized spacial score (nSPS) is 12.5. The monoisotopic (exact) mass is 296 g/mol. The van der Waals surface area contributed by atoms with Crippen LogP contribution in [0.3, 0.4) is 0 Å². The second kappa shape index (κ2) is 5.79. The highest BCUT2D eigenvalue weighted by atomic mass is 32.2. The number of nitrogens with one attached hydrogen (secondary N) is 1. The van der Waals surface area contributed by atoms with E-state index in [9.17, 15) is 21.6 Å². The molecule has 3 N–H and O–H groups in total. The SMILES string of the molecule is CCCS(=O)(=O)Nc1ccc(CN)cc1C(F)(F)F. The molecule has 19 heavy (non-hydrogen) atoms. The largest absolute Gasteiger partial charge is 0.418 e. The van der Waals surface area contributed by atoms with Crippen LogP contribution in [0.4, 0.5) is 18.9 Å². The molecule has 0 spiro atoms. The molecule has 4 nitrogen and oxygen atoms in total. The molecule has 1 aromatic carbocycles. The maximum atomic E-state index is 12.9. The van der Waals surface area contributed by atoms with Crippen molar-refractivity contribution in [1.82, 2.24) is 0 Å². The van der Waals surface area contributed by atoms with Crippen molar-refractivity contribution in [3.05, 3.63) is 29.3 Å². The van der Waals surface area contributed by atoms with Crippen molar-refractivity contribution in [2.24, 2.45) is 5.73 Å². The maximum absolute atomic E-state index is 12.9. The molecular formula is C11H15F3N2O2S. The van der Waals surface area contributed by atoms with Gasteiger partial charge in [-0.05, 0) is 24.1 Å². The summed E-state index contributed by atoms with van der Waals surface area (Å²) in [5, 5.41) is 0. The van der Waals surface area contributed by atoms with Crippen molar-refractivity contribution in [2.75, 3.05) is 10.5 Å². The zero-order chi connectivity index (χ0) is 14.7. The molecular weight excluding hydrogens is 281 g/mol. The minimum atomic E-state index is -4.64. The Morgan fingerprint density at radius 3 is 2.42 bits per heavy atom. The van der Waals surface area contributed by atoms with Gasteiger partial charge in [0, 0.05) is 6.54 Å². The van der Waals surface area contributed by atoms with E-state index >= 15 is 0 Å². The van der Waals surface area contributed by atoms with Gasteiger partial charge in [0.15, 0.2) is 0 Å². The average Bonchev–Trinajstić information content (AvgIpc) is 2.27. The van der Waals surface area contributed by atoms with Crippen LogP contribution in [0.2, 0.25) is 0 Å². The van der Waals surface area contributed by atoms with Crippen LogP contribution in [0.15, 0.2) is 18.2 Å². The fraction of sp³-hybridized carbons (Fsp3) is 0.455. The van der Waals surface area contributed by atoms with Crippen LogP contribution in [0.25, 0.3) is 0 Å². The first-order valence-corrected chi connectivity index (χ1v) is 7.25. The number of alkyl halides is 3. The Labute approximate surface area is 109 Å². The summed E-state index contributed by atoms with van der Waals surface area (Å²) in [6.07, 6.45) is -4.33. The van der Waals surface area contributed by atoms with Crippen LogP contribution in [-0.4, -0.2) is 14.2 Å². The maximum Gasteiger partial charge on any atom is 0.418 e. The summed E-state index contributed by atoms with van der Waals surface area (Å²) in [7, 11) is -3.77. The Kier molecular flexibility index (Phi) is 4.81. The molecule has 0 saturated heterocycles. The van der Waals surface area contributed by atoms with Gasteiger partial charge in [-0.1, -0.05) is 13.0 Å². The first-order valence-electron chi connectivity index (χ1n) is 5.60. The van der Waals surface area contributed by atoms with Crippen LogP contribution in [0.5, 0.6) is 0 Å². The van der Waals surface area contributed by atoms with Gasteiger partial charge >= 0.3 is 6.18 Å². The van der Waals surface area contributed by atoms with Gasteiger partial charge in [0.2, 0.25) is 10.0 Å². The van der Waals surface area contributed by atoms with Gasteiger partial charge < -0.3 is 5.73 Å². The third-order valence-corrected chi connectivity index (χ3v) is 3.84. The molecule has 1 aromatic rings. The molecule has 0 amide bonds. The predicted octanol–water partition coefficient (Wildman–Crippen LogP) is 2.32. The molecule has 0 heterocycles. The Bertz CT molecular complexity index is 541. The van der Waals surface area contributed by atoms with Crippen molar-refractivity contribution in [3.8, 4) is 0 Å². The van der Waals surface area contributed by atoms with Crippen LogP contribution < -0.4 is 10.5 Å². The van der Waals surface area contributed by atoms with E-state index in [1.807, 2.05) is 4.72 Å². The van der Waals surface area contributed by atoms with Crippen molar-refractivity contribution in [2.45, 2.75) is 26.1 Å². The molecule has 0 aliphatic rings. The van der Waals surface area contributed by atoms with Gasteiger partial charge in [0.1, 0.15) is 0 Å². The molecule has 0 saturated carbocycles. The third-order valence-electron chi connectivity index (χ3n) is 2.36. The molecule has 0 unspecified atom stereocenters. The summed E-state index contributed by atoms with van der Waals surface area (Å²) in [6, 6.07) is 3.29. The van der Waals surface area contributed by atoms with E-state index in [1.165, 1.54) is 6.07 Å². The summed E-state index contributed by atoms with van der Waals surface area (Å²) in [4.78, 5) is 0. The lowest BCUT2D eigenvalue weighted by molar-refractivity contribution is -0.136. The first kappa shape index (κ1) is 15.8. The van der Waals surface area contributed by atoms with E-state index in [0.717, 1.165) is 12.1 Å². The number of benzene rings is 1. The summed E-state index contributed by atoms with van der Waals surface area (Å²) in [5.41, 5.74) is 4.06. The van der Waals surface area contributed by atoms with Crippen molar-refractivity contribution in [1.29, 1.82) is 0 Å². The van der Waals surface area contributed by atoms with Crippen LogP contribution in [0, 0.1) is 0 Å². The van der Waals surface area contributed by atoms with Crippen molar-refractivity contribution >= 4 is 15.7 Å². The van der Waals surface area contributed by atoms with E-state index in [1.54, 1.807) is 6.92 Å². The third kappa shape index (κ3) is 4.39. The molecule has 0 radical (unpaired) electrons. The second-order valence-electron chi connectivity index (χ2n) is 4.00. The van der Waals surface area contributed by atoms with Crippen molar-refractivity contribution in [3.63, 3.8) is 0 Å². The lowest BCUT2D eigenvalue weighted by atomic mass is 10.1. The Balaban J connectivity index is 3.21. The van der Waals surface area contributed by atoms with E-state index in [-0.39, 0.29) is 17.9 Å². The summed E-state index contributed by atoms with van der Waals surface area (Å²) >= 11 is 0. The lowest BCUT2D eigenvalue weighted by Crippen LogP contribution is -2.19. The number of sulfonamides is 1. The number of rotatable bonds is 5. The standard InChI is InChI=1S/C11H15F3N2O2S/c1-2-5-19(17,18)16-10-4-3-8(7-15)6-9(10)11(12,13)14/h3-4,6,16H,2,5,7,15H2,1H3. The Hall–Kier alpha value is -1.28. The topological polar surface area (TPSA) is 72.2 Å². The number of nitrogens with two attached hydrogens (primary N) is 1. The molecule has 1 rings (SSSR count). The molecule has 108 valence electrons. The fourth-order valence-electron chi connectivity index (χ4n) is 1.53. The highest BCUT2D eigenvalue weighted by Gasteiger charge is 2.34. The molecule has 0 bridgehead atoms. The minimum Gasteiger partial charge on any atom is -0.326 e. The summed E-state index contributed by atoms with van der Waals surface area (Å²) in [6.45, 7) is 1.58. The van der Waals surface area contributed by atoms with E-state index in [4.69, 9.17) is 5.73 Å². The quantitative estimate of drug-likeness (QED) is 0.876. The van der Waals surface area contributed by atoms with Gasteiger partial charge in [0.25, 0.3) is 0 Å². The smallest absolute Gasteiger partial charge is 0.326 e. The van der Waals surface area contributed by atoms with E-state index in [0.29, 0.717) is 6.42 Å². The number of hydrogen-bond acceptors (Lipinski definition) is 3. The van der Waals surface area contributed by atoms with E-state index in [2.05, 4.69) is 0 Å². The van der Waals surface area contributed by atoms with Crippen LogP contribution in [0.1, 0.15) is 24.5 Å². The van der Waals surface area contributed by atoms with Gasteiger partial charge in [0.05, 0.1) is 17.0 Å². The molecule has 0 fully saturated rings. The molecule has 0 aromatic heterocycles. The molecule has 8 heteroatoms. The Morgan fingerprint density at radius 1 is 1.32 bits per heavy atom. The molecule has 0 aliphatic carbocycles. The van der Waals surface area contributed by atoms with Crippen LogP contribution >= 0.6 is 0 Å². The number of anilines is 1. The predicted molar refractivity (Wildman–Crippen MR) is 67.0 cm³/mol. The number of halogens is 3. The highest BCUT2D eigenvalue weighted by molar-refractivity contribution is 7.92. The van der Waals surface area contributed by atoms with E-state index < -0.39 is 27.5 Å². The highest BCUT2D eigenvalue weighted by Crippen LogP contribution is 2.35. The zero-order valence-electron chi connectivity index (χ0n) is 10.3. The Morgan fingerprint density at radius 2 is 1.95 bits per heavy atom. The van der Waals surface area contributed by atoms with Crippen molar-refractivity contribution < 1.29 is 21.6 Å². The average molecular weight is 296 g/mol. The summed E-state index contributed by atoms with van der Waals surface area (Å²) in [5.74, 6) is -0.233. The fourth-order valence-corrected chi connectivity index (χ4v) is 2.68. The van der Waals surface area contributed by atoms with Gasteiger partial charge in [-0.25, -0.2) is 8.42 Å². The first-order chi connectivity index (χ1) is 8.69. The molecule has 0 aliphatic heterocycles. The second-order valence-corrected chi connectivity index (χ2v) is 5.84. The zero-order valence-corrected chi connectivity index (χ0v) is 11.1. The number of hydrogen-bond donors (Lipinski definition) is 2. The molecule has 0 atom stereocenters. The lowest BCUT2D eigenvalue weighted by Gasteiger charge is -2.15. The van der Waals surface area contributed by atoms with Crippen LogP contribution in [-0.2, 0) is 22.7 Å². The van der Waals surface area contributed by atoms with Gasteiger partial charge in [-0.3, -0.25) is 4.72 Å². The van der Waals surface area contributed by atoms with Gasteiger partial charge in [-0.2, -0.15) is 13.2 Å². The minimum absolute atomic E-state index is 0.0505. The van der Waals surface area contributed by atoms with Gasteiger partial charge in [-0.15, -0.1) is 0 Å².